The number of benzene rings is 1. The quantitative estimate of drug-likeness (QED) is 0.812. The molecule has 0 bridgehead atoms. The molecule has 1 aromatic rings. The maximum atomic E-state index is 11.7. The number of carbonyl (C=O) groups is 1. The fourth-order valence-corrected chi connectivity index (χ4v) is 2.31. The first-order valence-corrected chi connectivity index (χ1v) is 6.81. The molecule has 1 amide bonds. The molecule has 1 aromatic carbocycles. The van der Waals surface area contributed by atoms with E-state index in [2.05, 4.69) is 5.32 Å². The lowest BCUT2D eigenvalue weighted by molar-refractivity contribution is 0.0299. The number of hydrogen-bond acceptors (Lipinski definition) is 2. The van der Waals surface area contributed by atoms with E-state index in [1.165, 1.54) is 32.1 Å². The zero-order valence-corrected chi connectivity index (χ0v) is 10.7. The normalized spacial score (nSPS) is 16.4. The molecule has 0 aliphatic heterocycles. The van der Waals surface area contributed by atoms with Crippen molar-refractivity contribution < 1.29 is 9.53 Å². The molecule has 0 radical (unpaired) electrons. The van der Waals surface area contributed by atoms with E-state index in [4.69, 9.17) is 4.74 Å². The van der Waals surface area contributed by atoms with Crippen LogP contribution < -0.4 is 5.32 Å². The minimum absolute atomic E-state index is 0.0251. The fourth-order valence-electron chi connectivity index (χ4n) is 2.31. The molecule has 0 aromatic heterocycles. The number of carbonyl (C=O) groups excluding carboxylic acids is 1. The first kappa shape index (κ1) is 13.1. The number of rotatable bonds is 5. The third kappa shape index (κ3) is 4.15. The van der Waals surface area contributed by atoms with E-state index in [-0.39, 0.29) is 5.91 Å². The minimum Gasteiger partial charge on any atom is -0.376 e. The van der Waals surface area contributed by atoms with Crippen molar-refractivity contribution in [1.29, 1.82) is 0 Å². The predicted molar refractivity (Wildman–Crippen MR) is 71.6 cm³/mol. The maximum Gasteiger partial charge on any atom is 0.251 e. The van der Waals surface area contributed by atoms with Crippen molar-refractivity contribution >= 4 is 5.91 Å². The van der Waals surface area contributed by atoms with Crippen molar-refractivity contribution in [1.82, 2.24) is 5.32 Å². The van der Waals surface area contributed by atoms with Gasteiger partial charge < -0.3 is 10.1 Å². The van der Waals surface area contributed by atoms with Gasteiger partial charge in [-0.2, -0.15) is 0 Å². The molecule has 2 rings (SSSR count). The summed E-state index contributed by atoms with van der Waals surface area (Å²) in [6, 6.07) is 9.28. The van der Waals surface area contributed by atoms with Crippen LogP contribution in [0.25, 0.3) is 0 Å². The van der Waals surface area contributed by atoms with Gasteiger partial charge in [-0.15, -0.1) is 0 Å². The summed E-state index contributed by atoms with van der Waals surface area (Å²) in [7, 11) is 0. The Balaban J connectivity index is 1.62. The van der Waals surface area contributed by atoms with Crippen LogP contribution in [0.2, 0.25) is 0 Å². The first-order valence-electron chi connectivity index (χ1n) is 6.81. The molecular weight excluding hydrogens is 226 g/mol. The first-order chi connectivity index (χ1) is 8.86. The molecular formula is C15H21NO2. The molecule has 0 unspecified atom stereocenters. The van der Waals surface area contributed by atoms with E-state index < -0.39 is 0 Å². The molecule has 3 nitrogen and oxygen atoms in total. The number of hydrogen-bond donors (Lipinski definition) is 1. The van der Waals surface area contributed by atoms with Crippen LogP contribution in [0.5, 0.6) is 0 Å². The minimum atomic E-state index is -0.0251. The molecule has 0 heterocycles. The molecule has 98 valence electrons. The smallest absolute Gasteiger partial charge is 0.251 e. The summed E-state index contributed by atoms with van der Waals surface area (Å²) in [5.74, 6) is -0.0251. The highest BCUT2D eigenvalue weighted by atomic mass is 16.5. The molecule has 1 N–H and O–H groups in total. The van der Waals surface area contributed by atoms with Crippen LogP contribution in [0.15, 0.2) is 30.3 Å². The SMILES string of the molecule is O=C(NCCOC1CCCCC1)c1ccccc1. The van der Waals surface area contributed by atoms with Crippen molar-refractivity contribution in [2.75, 3.05) is 13.2 Å². The van der Waals surface area contributed by atoms with Crippen molar-refractivity contribution in [2.24, 2.45) is 0 Å². The van der Waals surface area contributed by atoms with Gasteiger partial charge in [0.25, 0.3) is 5.91 Å². The Bertz CT molecular complexity index is 358. The van der Waals surface area contributed by atoms with Crippen LogP contribution in [-0.2, 0) is 4.74 Å². The number of nitrogens with one attached hydrogen (secondary N) is 1. The van der Waals surface area contributed by atoms with Crippen LogP contribution in [0.3, 0.4) is 0 Å². The van der Waals surface area contributed by atoms with Gasteiger partial charge in [0.05, 0.1) is 12.7 Å². The second kappa shape index (κ2) is 7.17. The lowest BCUT2D eigenvalue weighted by Gasteiger charge is -2.21. The Morgan fingerprint density at radius 2 is 1.89 bits per heavy atom. The highest BCUT2D eigenvalue weighted by Crippen LogP contribution is 2.19. The molecule has 1 fully saturated rings. The Kier molecular flexibility index (Phi) is 5.21. The van der Waals surface area contributed by atoms with Gasteiger partial charge >= 0.3 is 0 Å². The van der Waals surface area contributed by atoms with Gasteiger partial charge in [-0.25, -0.2) is 0 Å². The van der Waals surface area contributed by atoms with E-state index in [1.807, 2.05) is 30.3 Å². The third-order valence-electron chi connectivity index (χ3n) is 3.33. The predicted octanol–water partition coefficient (Wildman–Crippen LogP) is 2.77. The lowest BCUT2D eigenvalue weighted by Crippen LogP contribution is -2.29. The molecule has 18 heavy (non-hydrogen) atoms. The summed E-state index contributed by atoms with van der Waals surface area (Å²) in [6.07, 6.45) is 6.65. The van der Waals surface area contributed by atoms with Crippen LogP contribution >= 0.6 is 0 Å². The van der Waals surface area contributed by atoms with Crippen molar-refractivity contribution in [2.45, 2.75) is 38.2 Å². The van der Waals surface area contributed by atoms with Gasteiger partial charge in [-0.1, -0.05) is 37.5 Å². The topological polar surface area (TPSA) is 38.3 Å². The summed E-state index contributed by atoms with van der Waals surface area (Å²) in [5, 5.41) is 2.87. The largest absolute Gasteiger partial charge is 0.376 e. The standard InChI is InChI=1S/C15H21NO2/c17-15(13-7-3-1-4-8-13)16-11-12-18-14-9-5-2-6-10-14/h1,3-4,7-8,14H,2,5-6,9-12H2,(H,16,17). The Hall–Kier alpha value is -1.35. The van der Waals surface area contributed by atoms with Gasteiger partial charge in [0, 0.05) is 12.1 Å². The number of amides is 1. The third-order valence-corrected chi connectivity index (χ3v) is 3.33. The van der Waals surface area contributed by atoms with E-state index >= 15 is 0 Å². The second-order valence-electron chi connectivity index (χ2n) is 4.75. The van der Waals surface area contributed by atoms with Crippen molar-refractivity contribution in [3.63, 3.8) is 0 Å². The molecule has 1 saturated carbocycles. The van der Waals surface area contributed by atoms with Crippen molar-refractivity contribution in [3.8, 4) is 0 Å². The van der Waals surface area contributed by atoms with E-state index in [1.54, 1.807) is 0 Å². The maximum absolute atomic E-state index is 11.7. The van der Waals surface area contributed by atoms with Gasteiger partial charge in [-0.3, -0.25) is 4.79 Å². The summed E-state index contributed by atoms with van der Waals surface area (Å²) < 4.78 is 5.75. The summed E-state index contributed by atoms with van der Waals surface area (Å²) in [4.78, 5) is 11.7. The number of ether oxygens (including phenoxy) is 1. The molecule has 1 aliphatic rings. The molecule has 0 atom stereocenters. The molecule has 0 spiro atoms. The van der Waals surface area contributed by atoms with Gasteiger partial charge in [0.2, 0.25) is 0 Å². The molecule has 3 heteroatoms. The summed E-state index contributed by atoms with van der Waals surface area (Å²) in [5.41, 5.74) is 0.704. The summed E-state index contributed by atoms with van der Waals surface area (Å²) >= 11 is 0. The zero-order chi connectivity index (χ0) is 12.6. The van der Waals surface area contributed by atoms with E-state index in [0.717, 1.165) is 0 Å². The van der Waals surface area contributed by atoms with E-state index in [0.29, 0.717) is 24.8 Å². The highest BCUT2D eigenvalue weighted by Gasteiger charge is 2.13. The van der Waals surface area contributed by atoms with Crippen LogP contribution in [-0.4, -0.2) is 25.2 Å². The Morgan fingerprint density at radius 3 is 2.61 bits per heavy atom. The van der Waals surface area contributed by atoms with Crippen LogP contribution in [0.4, 0.5) is 0 Å². The summed E-state index contributed by atoms with van der Waals surface area (Å²) in [6.45, 7) is 1.20. The van der Waals surface area contributed by atoms with Gasteiger partial charge in [-0.05, 0) is 25.0 Å². The van der Waals surface area contributed by atoms with Crippen LogP contribution in [0, 0.1) is 0 Å². The fraction of sp³-hybridized carbons (Fsp3) is 0.533. The van der Waals surface area contributed by atoms with Gasteiger partial charge in [0.1, 0.15) is 0 Å². The second-order valence-corrected chi connectivity index (χ2v) is 4.75. The van der Waals surface area contributed by atoms with Crippen molar-refractivity contribution in [3.05, 3.63) is 35.9 Å². The average molecular weight is 247 g/mol. The van der Waals surface area contributed by atoms with Gasteiger partial charge in [0.15, 0.2) is 0 Å². The molecule has 0 saturated heterocycles. The lowest BCUT2D eigenvalue weighted by atomic mass is 9.98. The average Bonchev–Trinajstić information content (AvgIpc) is 2.45. The Labute approximate surface area is 109 Å². The monoisotopic (exact) mass is 247 g/mol. The van der Waals surface area contributed by atoms with Crippen LogP contribution in [0.1, 0.15) is 42.5 Å². The molecule has 1 aliphatic carbocycles. The highest BCUT2D eigenvalue weighted by molar-refractivity contribution is 5.94. The van der Waals surface area contributed by atoms with E-state index in [9.17, 15) is 4.79 Å². The zero-order valence-electron chi connectivity index (χ0n) is 10.7. The Morgan fingerprint density at radius 1 is 1.17 bits per heavy atom.